The topological polar surface area (TPSA) is 78.3 Å². The molecule has 0 bridgehead atoms. The van der Waals surface area contributed by atoms with E-state index in [0.29, 0.717) is 12.8 Å². The van der Waals surface area contributed by atoms with Crippen LogP contribution in [0.2, 0.25) is 0 Å². The molecule has 4 N–H and O–H groups in total. The van der Waals surface area contributed by atoms with E-state index in [2.05, 4.69) is 0 Å². The maximum atomic E-state index is 12.0. The lowest BCUT2D eigenvalue weighted by Gasteiger charge is -2.22. The van der Waals surface area contributed by atoms with E-state index in [0.717, 1.165) is 0 Å². The first-order valence-corrected chi connectivity index (χ1v) is 5.06. The third-order valence-corrected chi connectivity index (χ3v) is 1.76. The molecule has 0 saturated heterocycles. The van der Waals surface area contributed by atoms with Crippen LogP contribution in [0.25, 0.3) is 0 Å². The third kappa shape index (κ3) is 7.27. The van der Waals surface area contributed by atoms with Crippen molar-refractivity contribution in [3.63, 3.8) is 0 Å². The zero-order valence-electron chi connectivity index (χ0n) is 9.63. The Kier molecular flexibility index (Phi) is 5.75. The van der Waals surface area contributed by atoms with Crippen molar-refractivity contribution in [2.75, 3.05) is 6.67 Å². The molecule has 0 heterocycles. The van der Waals surface area contributed by atoms with Crippen molar-refractivity contribution in [2.24, 2.45) is 11.5 Å². The first-order valence-electron chi connectivity index (χ1n) is 5.06. The molecule has 0 aromatic heterocycles. The highest BCUT2D eigenvalue weighted by molar-refractivity contribution is 5.75. The summed E-state index contributed by atoms with van der Waals surface area (Å²) in [7, 11) is 0. The Morgan fingerprint density at radius 3 is 2.27 bits per heavy atom. The SMILES string of the molecule is CC(C)(C)OC(=O)C(N)CCC(N)CF. The summed E-state index contributed by atoms with van der Waals surface area (Å²) in [6.07, 6.45) is 0.733. The predicted octanol–water partition coefficient (Wildman–Crippen LogP) is 0.732. The van der Waals surface area contributed by atoms with Gasteiger partial charge in [-0.05, 0) is 33.6 Å². The zero-order chi connectivity index (χ0) is 12.1. The fraction of sp³-hybridized carbons (Fsp3) is 0.900. The number of esters is 1. The predicted molar refractivity (Wildman–Crippen MR) is 57.0 cm³/mol. The number of hydrogen-bond acceptors (Lipinski definition) is 4. The number of nitrogens with two attached hydrogens (primary N) is 2. The monoisotopic (exact) mass is 220 g/mol. The molecule has 0 aliphatic carbocycles. The summed E-state index contributed by atoms with van der Waals surface area (Å²) in [6, 6.07) is -1.26. The van der Waals surface area contributed by atoms with Gasteiger partial charge in [-0.1, -0.05) is 0 Å². The van der Waals surface area contributed by atoms with Crippen LogP contribution in [0.5, 0.6) is 0 Å². The van der Waals surface area contributed by atoms with Gasteiger partial charge in [-0.25, -0.2) is 4.39 Å². The van der Waals surface area contributed by atoms with Crippen molar-refractivity contribution in [2.45, 2.75) is 51.3 Å². The first kappa shape index (κ1) is 14.3. The second kappa shape index (κ2) is 6.02. The van der Waals surface area contributed by atoms with Crippen molar-refractivity contribution in [3.8, 4) is 0 Å². The van der Waals surface area contributed by atoms with Crippen LogP contribution < -0.4 is 11.5 Å². The molecule has 0 saturated carbocycles. The van der Waals surface area contributed by atoms with Crippen LogP contribution >= 0.6 is 0 Å². The van der Waals surface area contributed by atoms with E-state index in [9.17, 15) is 9.18 Å². The lowest BCUT2D eigenvalue weighted by molar-refractivity contribution is -0.156. The number of carbonyl (C=O) groups is 1. The van der Waals surface area contributed by atoms with Crippen LogP contribution in [0.3, 0.4) is 0 Å². The summed E-state index contributed by atoms with van der Waals surface area (Å²) in [5, 5.41) is 0. The van der Waals surface area contributed by atoms with Crippen molar-refractivity contribution in [3.05, 3.63) is 0 Å². The molecule has 4 nitrogen and oxygen atoms in total. The zero-order valence-corrected chi connectivity index (χ0v) is 9.63. The molecular weight excluding hydrogens is 199 g/mol. The number of hydrogen-bond donors (Lipinski definition) is 2. The van der Waals surface area contributed by atoms with Gasteiger partial charge >= 0.3 is 5.97 Å². The van der Waals surface area contributed by atoms with Gasteiger partial charge < -0.3 is 16.2 Å². The van der Waals surface area contributed by atoms with Gasteiger partial charge in [0.1, 0.15) is 18.3 Å². The number of ether oxygens (including phenoxy) is 1. The van der Waals surface area contributed by atoms with Gasteiger partial charge in [0, 0.05) is 6.04 Å². The summed E-state index contributed by atoms with van der Waals surface area (Å²) in [6.45, 7) is 4.71. The van der Waals surface area contributed by atoms with E-state index in [-0.39, 0.29) is 0 Å². The van der Waals surface area contributed by atoms with E-state index in [1.54, 1.807) is 20.8 Å². The van der Waals surface area contributed by atoms with Crippen LogP contribution in [0.1, 0.15) is 33.6 Å². The fourth-order valence-corrected chi connectivity index (χ4v) is 0.966. The Balaban J connectivity index is 3.90. The maximum Gasteiger partial charge on any atom is 0.323 e. The highest BCUT2D eigenvalue weighted by Crippen LogP contribution is 2.10. The lowest BCUT2D eigenvalue weighted by Crippen LogP contribution is -2.38. The average Bonchev–Trinajstić information content (AvgIpc) is 2.10. The molecule has 2 unspecified atom stereocenters. The summed E-state index contributed by atoms with van der Waals surface area (Å²) in [5.41, 5.74) is 10.4. The lowest BCUT2D eigenvalue weighted by atomic mass is 10.1. The molecule has 90 valence electrons. The van der Waals surface area contributed by atoms with Crippen LogP contribution in [0.15, 0.2) is 0 Å². The molecule has 0 aromatic carbocycles. The molecule has 0 aliphatic rings. The Morgan fingerprint density at radius 1 is 1.33 bits per heavy atom. The summed E-state index contributed by atoms with van der Waals surface area (Å²) >= 11 is 0. The van der Waals surface area contributed by atoms with Gasteiger partial charge in [0.2, 0.25) is 0 Å². The van der Waals surface area contributed by atoms with Crippen molar-refractivity contribution >= 4 is 5.97 Å². The minimum absolute atomic E-state index is 0.347. The van der Waals surface area contributed by atoms with E-state index in [4.69, 9.17) is 16.2 Å². The minimum atomic E-state index is -0.721. The smallest absolute Gasteiger partial charge is 0.323 e. The highest BCUT2D eigenvalue weighted by atomic mass is 19.1. The summed E-state index contributed by atoms with van der Waals surface area (Å²) in [5.74, 6) is -0.464. The molecule has 0 spiro atoms. The second-order valence-electron chi connectivity index (χ2n) is 4.63. The van der Waals surface area contributed by atoms with E-state index >= 15 is 0 Å². The largest absolute Gasteiger partial charge is 0.459 e. The van der Waals surface area contributed by atoms with Crippen LogP contribution in [-0.2, 0) is 9.53 Å². The van der Waals surface area contributed by atoms with E-state index in [1.165, 1.54) is 0 Å². The number of halogens is 1. The van der Waals surface area contributed by atoms with Crippen LogP contribution in [0, 0.1) is 0 Å². The van der Waals surface area contributed by atoms with Crippen molar-refractivity contribution in [1.29, 1.82) is 0 Å². The number of alkyl halides is 1. The van der Waals surface area contributed by atoms with E-state index < -0.39 is 30.3 Å². The molecule has 0 rings (SSSR count). The average molecular weight is 220 g/mol. The Morgan fingerprint density at radius 2 is 1.87 bits per heavy atom. The molecule has 0 fully saturated rings. The van der Waals surface area contributed by atoms with Gasteiger partial charge in [0.25, 0.3) is 0 Å². The second-order valence-corrected chi connectivity index (χ2v) is 4.63. The first-order chi connectivity index (χ1) is 6.76. The van der Waals surface area contributed by atoms with Gasteiger partial charge in [0.15, 0.2) is 0 Å². The van der Waals surface area contributed by atoms with Gasteiger partial charge in [-0.2, -0.15) is 0 Å². The molecule has 0 aliphatic heterocycles. The van der Waals surface area contributed by atoms with Crippen LogP contribution in [-0.4, -0.2) is 30.3 Å². The number of rotatable bonds is 5. The standard InChI is InChI=1S/C10H21FN2O2/c1-10(2,3)15-9(14)8(13)5-4-7(12)6-11/h7-8H,4-6,12-13H2,1-3H3. The number of carbonyl (C=O) groups excluding carboxylic acids is 1. The van der Waals surface area contributed by atoms with Crippen molar-refractivity contribution < 1.29 is 13.9 Å². The van der Waals surface area contributed by atoms with Gasteiger partial charge in [-0.15, -0.1) is 0 Å². The molecule has 5 heteroatoms. The maximum absolute atomic E-state index is 12.0. The quantitative estimate of drug-likeness (QED) is 0.670. The Bertz CT molecular complexity index is 204. The van der Waals surface area contributed by atoms with Crippen LogP contribution in [0.4, 0.5) is 4.39 Å². The molecular formula is C10H21FN2O2. The van der Waals surface area contributed by atoms with Crippen molar-refractivity contribution in [1.82, 2.24) is 0 Å². The van der Waals surface area contributed by atoms with Gasteiger partial charge in [0.05, 0.1) is 0 Å². The molecule has 0 aromatic rings. The Labute approximate surface area is 90.1 Å². The summed E-state index contributed by atoms with van der Waals surface area (Å²) < 4.78 is 17.1. The normalized spacial score (nSPS) is 15.9. The third-order valence-electron chi connectivity index (χ3n) is 1.76. The van der Waals surface area contributed by atoms with E-state index in [1.807, 2.05) is 0 Å². The van der Waals surface area contributed by atoms with Gasteiger partial charge in [-0.3, -0.25) is 4.79 Å². The minimum Gasteiger partial charge on any atom is -0.459 e. The highest BCUT2D eigenvalue weighted by Gasteiger charge is 2.22. The Hall–Kier alpha value is -0.680. The molecule has 0 radical (unpaired) electrons. The molecule has 0 amide bonds. The fourth-order valence-electron chi connectivity index (χ4n) is 0.966. The molecule has 15 heavy (non-hydrogen) atoms. The molecule has 2 atom stereocenters. The summed E-state index contributed by atoms with van der Waals surface area (Å²) in [4.78, 5) is 11.4.